The standard InChI is InChI=1S/C18H27N3O3S2/c1-9(6-10(2)22)7-19-16(23)13(5)25-8-14-20-17(24)15-11(3)12(4)26-18(15)21-14/h9-10,13,22H,6-8H2,1-5H3,(H,19,23)(H,20,21,24)/t9-,10-,13-/m1/s1. The number of carbonyl (C=O) groups excluding carboxylic acids is 1. The van der Waals surface area contributed by atoms with Crippen molar-refractivity contribution in [3.63, 3.8) is 0 Å². The fourth-order valence-corrected chi connectivity index (χ4v) is 4.56. The van der Waals surface area contributed by atoms with Crippen molar-refractivity contribution in [2.75, 3.05) is 6.54 Å². The van der Waals surface area contributed by atoms with Gasteiger partial charge in [0, 0.05) is 11.4 Å². The van der Waals surface area contributed by atoms with Crippen LogP contribution >= 0.6 is 23.1 Å². The molecule has 0 aliphatic heterocycles. The van der Waals surface area contributed by atoms with Crippen LogP contribution in [0.2, 0.25) is 0 Å². The van der Waals surface area contributed by atoms with Crippen molar-refractivity contribution < 1.29 is 9.90 Å². The van der Waals surface area contributed by atoms with Gasteiger partial charge in [0.1, 0.15) is 10.7 Å². The van der Waals surface area contributed by atoms with Gasteiger partial charge in [-0.05, 0) is 45.6 Å². The Morgan fingerprint density at radius 1 is 1.35 bits per heavy atom. The second-order valence-corrected chi connectivity index (χ2v) is 9.40. The lowest BCUT2D eigenvalue weighted by atomic mass is 10.0. The Balaban J connectivity index is 1.92. The Bertz CT molecular complexity index is 829. The smallest absolute Gasteiger partial charge is 0.259 e. The van der Waals surface area contributed by atoms with E-state index in [9.17, 15) is 14.7 Å². The minimum absolute atomic E-state index is 0.0429. The number of thioether (sulfide) groups is 1. The predicted molar refractivity (Wildman–Crippen MR) is 109 cm³/mol. The molecule has 2 heterocycles. The first-order chi connectivity index (χ1) is 12.2. The van der Waals surface area contributed by atoms with Crippen molar-refractivity contribution in [2.45, 2.75) is 58.1 Å². The minimum Gasteiger partial charge on any atom is -0.393 e. The van der Waals surface area contributed by atoms with E-state index in [4.69, 9.17) is 0 Å². The average Bonchev–Trinajstić information content (AvgIpc) is 2.84. The van der Waals surface area contributed by atoms with Crippen LogP contribution in [0.25, 0.3) is 10.2 Å². The van der Waals surface area contributed by atoms with E-state index in [0.717, 1.165) is 15.3 Å². The highest BCUT2D eigenvalue weighted by Crippen LogP contribution is 2.26. The summed E-state index contributed by atoms with van der Waals surface area (Å²) in [4.78, 5) is 33.7. The Morgan fingerprint density at radius 3 is 2.69 bits per heavy atom. The highest BCUT2D eigenvalue weighted by molar-refractivity contribution is 7.99. The molecule has 2 rings (SSSR count). The molecule has 0 radical (unpaired) electrons. The molecule has 2 aromatic heterocycles. The molecule has 0 saturated carbocycles. The number of thiophene rings is 1. The summed E-state index contributed by atoms with van der Waals surface area (Å²) in [5, 5.41) is 12.7. The molecule has 0 aliphatic carbocycles. The molecule has 3 atom stereocenters. The number of aromatic nitrogens is 2. The second-order valence-electron chi connectivity index (χ2n) is 6.86. The number of rotatable bonds is 8. The number of aliphatic hydroxyl groups is 1. The van der Waals surface area contributed by atoms with Gasteiger partial charge in [0.05, 0.1) is 22.5 Å². The first-order valence-corrected chi connectivity index (χ1v) is 10.6. The molecule has 26 heavy (non-hydrogen) atoms. The number of hydrogen-bond donors (Lipinski definition) is 3. The minimum atomic E-state index is -0.365. The quantitative estimate of drug-likeness (QED) is 0.637. The van der Waals surface area contributed by atoms with Crippen LogP contribution in [0.3, 0.4) is 0 Å². The number of aromatic amines is 1. The van der Waals surface area contributed by atoms with E-state index in [2.05, 4.69) is 15.3 Å². The molecule has 0 unspecified atom stereocenters. The number of carbonyl (C=O) groups is 1. The third-order valence-corrected chi connectivity index (χ3v) is 6.55. The lowest BCUT2D eigenvalue weighted by molar-refractivity contribution is -0.120. The molecule has 1 amide bonds. The highest BCUT2D eigenvalue weighted by Gasteiger charge is 2.17. The summed E-state index contributed by atoms with van der Waals surface area (Å²) in [7, 11) is 0. The Labute approximate surface area is 161 Å². The van der Waals surface area contributed by atoms with Gasteiger partial charge in [0.25, 0.3) is 5.56 Å². The van der Waals surface area contributed by atoms with Crippen molar-refractivity contribution in [3.8, 4) is 0 Å². The number of aryl methyl sites for hydroxylation is 2. The fourth-order valence-electron chi connectivity index (χ4n) is 2.73. The normalized spacial score (nSPS) is 15.0. The number of nitrogens with one attached hydrogen (secondary N) is 2. The van der Waals surface area contributed by atoms with E-state index in [1.807, 2.05) is 27.7 Å². The fraction of sp³-hybridized carbons (Fsp3) is 0.611. The van der Waals surface area contributed by atoms with Gasteiger partial charge in [-0.2, -0.15) is 0 Å². The molecular formula is C18H27N3O3S2. The van der Waals surface area contributed by atoms with E-state index in [1.54, 1.807) is 6.92 Å². The zero-order valence-electron chi connectivity index (χ0n) is 15.9. The van der Waals surface area contributed by atoms with Crippen molar-refractivity contribution in [3.05, 3.63) is 26.6 Å². The molecule has 144 valence electrons. The number of aliphatic hydroxyl groups excluding tert-OH is 1. The third kappa shape index (κ3) is 5.31. The van der Waals surface area contributed by atoms with Crippen LogP contribution in [0.4, 0.5) is 0 Å². The lowest BCUT2D eigenvalue weighted by Crippen LogP contribution is -2.34. The summed E-state index contributed by atoms with van der Waals surface area (Å²) >= 11 is 2.97. The molecular weight excluding hydrogens is 370 g/mol. The number of amides is 1. The summed E-state index contributed by atoms with van der Waals surface area (Å²) in [6.07, 6.45) is 0.295. The Kier molecular flexibility index (Phi) is 7.25. The topological polar surface area (TPSA) is 95.1 Å². The van der Waals surface area contributed by atoms with Crippen LogP contribution in [0.15, 0.2) is 4.79 Å². The van der Waals surface area contributed by atoms with E-state index in [0.29, 0.717) is 29.9 Å². The van der Waals surface area contributed by atoms with Gasteiger partial charge in [0.15, 0.2) is 0 Å². The maximum absolute atomic E-state index is 12.3. The molecule has 0 aromatic carbocycles. The number of fused-ring (bicyclic) bond motifs is 1. The second kappa shape index (κ2) is 9.01. The number of H-pyrrole nitrogens is 1. The van der Waals surface area contributed by atoms with Gasteiger partial charge in [0.2, 0.25) is 5.91 Å². The van der Waals surface area contributed by atoms with Crippen LogP contribution in [-0.2, 0) is 10.5 Å². The molecule has 3 N–H and O–H groups in total. The summed E-state index contributed by atoms with van der Waals surface area (Å²) in [6, 6.07) is 0. The first kappa shape index (κ1) is 20.9. The Morgan fingerprint density at radius 2 is 2.04 bits per heavy atom. The first-order valence-electron chi connectivity index (χ1n) is 8.75. The van der Waals surface area contributed by atoms with Gasteiger partial charge >= 0.3 is 0 Å². The molecule has 0 aliphatic rings. The van der Waals surface area contributed by atoms with Crippen LogP contribution < -0.4 is 10.9 Å². The molecule has 0 bridgehead atoms. The predicted octanol–water partition coefficient (Wildman–Crippen LogP) is 2.75. The zero-order valence-corrected chi connectivity index (χ0v) is 17.5. The Hall–Kier alpha value is -1.38. The molecule has 0 saturated heterocycles. The van der Waals surface area contributed by atoms with Gasteiger partial charge < -0.3 is 15.4 Å². The SMILES string of the molecule is Cc1sc2nc(CS[C@H](C)C(=O)NC[C@H](C)C[C@@H](C)O)[nH]c(=O)c2c1C. The largest absolute Gasteiger partial charge is 0.393 e. The van der Waals surface area contributed by atoms with Crippen LogP contribution in [0, 0.1) is 19.8 Å². The van der Waals surface area contributed by atoms with Crippen molar-refractivity contribution >= 4 is 39.2 Å². The summed E-state index contributed by atoms with van der Waals surface area (Å²) in [5.41, 5.74) is 0.869. The molecule has 8 heteroatoms. The highest BCUT2D eigenvalue weighted by atomic mass is 32.2. The van der Waals surface area contributed by atoms with Crippen molar-refractivity contribution in [1.29, 1.82) is 0 Å². The van der Waals surface area contributed by atoms with Gasteiger partial charge in [-0.25, -0.2) is 4.98 Å². The maximum Gasteiger partial charge on any atom is 0.259 e. The van der Waals surface area contributed by atoms with Gasteiger partial charge in [-0.3, -0.25) is 9.59 Å². The molecule has 2 aromatic rings. The van der Waals surface area contributed by atoms with E-state index >= 15 is 0 Å². The molecule has 0 spiro atoms. The average molecular weight is 398 g/mol. The van der Waals surface area contributed by atoms with Crippen LogP contribution in [0.1, 0.15) is 43.5 Å². The van der Waals surface area contributed by atoms with E-state index in [-0.39, 0.29) is 28.7 Å². The zero-order chi connectivity index (χ0) is 19.4. The van der Waals surface area contributed by atoms with Crippen LogP contribution in [-0.4, -0.2) is 38.9 Å². The van der Waals surface area contributed by atoms with Crippen molar-refractivity contribution in [1.82, 2.24) is 15.3 Å². The summed E-state index contributed by atoms with van der Waals surface area (Å²) in [6.45, 7) is 10.1. The summed E-state index contributed by atoms with van der Waals surface area (Å²) < 4.78 is 0. The van der Waals surface area contributed by atoms with Crippen molar-refractivity contribution in [2.24, 2.45) is 5.92 Å². The number of nitrogens with zero attached hydrogens (tertiary/aromatic N) is 1. The molecule has 0 fully saturated rings. The summed E-state index contributed by atoms with van der Waals surface area (Å²) in [5.74, 6) is 1.25. The third-order valence-electron chi connectivity index (χ3n) is 4.30. The molecule has 6 nitrogen and oxygen atoms in total. The monoisotopic (exact) mass is 397 g/mol. The lowest BCUT2D eigenvalue weighted by Gasteiger charge is -2.16. The van der Waals surface area contributed by atoms with E-state index in [1.165, 1.54) is 23.1 Å². The maximum atomic E-state index is 12.3. The van der Waals surface area contributed by atoms with E-state index < -0.39 is 0 Å². The van der Waals surface area contributed by atoms with Gasteiger partial charge in [-0.1, -0.05) is 6.92 Å². The van der Waals surface area contributed by atoms with Gasteiger partial charge in [-0.15, -0.1) is 23.1 Å². The van der Waals surface area contributed by atoms with Crippen LogP contribution in [0.5, 0.6) is 0 Å². The number of hydrogen-bond acceptors (Lipinski definition) is 6.